The molecule has 0 aliphatic carbocycles. The summed E-state index contributed by atoms with van der Waals surface area (Å²) in [5, 5.41) is 1.06. The zero-order chi connectivity index (χ0) is 13.0. The summed E-state index contributed by atoms with van der Waals surface area (Å²) >= 11 is 1.48. The highest BCUT2D eigenvalue weighted by Gasteiger charge is 2.14. The normalized spacial score (nSPS) is 10.9. The van der Waals surface area contributed by atoms with E-state index < -0.39 is 0 Å². The molecular formula is C12H21N3OS. The molecule has 5 heteroatoms. The van der Waals surface area contributed by atoms with Gasteiger partial charge < -0.3 is 15.5 Å². The van der Waals surface area contributed by atoms with Crippen LogP contribution in [0.2, 0.25) is 0 Å². The van der Waals surface area contributed by atoms with Gasteiger partial charge in [-0.1, -0.05) is 6.92 Å². The Morgan fingerprint density at radius 2 is 2.00 bits per heavy atom. The molecule has 1 rings (SSSR count). The van der Waals surface area contributed by atoms with Gasteiger partial charge in [-0.15, -0.1) is 11.3 Å². The number of nitrogen functional groups attached to an aromatic ring is 1. The Morgan fingerprint density at radius 3 is 2.53 bits per heavy atom. The molecule has 0 unspecified atom stereocenters. The van der Waals surface area contributed by atoms with Crippen molar-refractivity contribution in [3.63, 3.8) is 0 Å². The SMILES string of the molecule is CCC(=O)c1sc(N(C)CCN(C)C)cc1N. The van der Waals surface area contributed by atoms with Crippen LogP contribution in [-0.2, 0) is 0 Å². The molecule has 1 heterocycles. The monoisotopic (exact) mass is 255 g/mol. The number of carbonyl (C=O) groups is 1. The van der Waals surface area contributed by atoms with Gasteiger partial charge in [0.05, 0.1) is 15.6 Å². The average molecular weight is 255 g/mol. The molecule has 0 amide bonds. The lowest BCUT2D eigenvalue weighted by Gasteiger charge is -2.19. The molecule has 0 aliphatic rings. The second-order valence-electron chi connectivity index (χ2n) is 4.37. The highest BCUT2D eigenvalue weighted by Crippen LogP contribution is 2.32. The van der Waals surface area contributed by atoms with Crippen molar-refractivity contribution >= 4 is 27.8 Å². The van der Waals surface area contributed by atoms with Crippen LogP contribution in [0.3, 0.4) is 0 Å². The predicted molar refractivity (Wildman–Crippen MR) is 75.2 cm³/mol. The van der Waals surface area contributed by atoms with Gasteiger partial charge in [0.1, 0.15) is 0 Å². The van der Waals surface area contributed by atoms with Gasteiger partial charge in [-0.25, -0.2) is 0 Å². The van der Waals surface area contributed by atoms with Crippen LogP contribution in [0.4, 0.5) is 10.7 Å². The number of ketones is 1. The van der Waals surface area contributed by atoms with Crippen molar-refractivity contribution in [1.29, 1.82) is 0 Å². The minimum atomic E-state index is 0.125. The van der Waals surface area contributed by atoms with E-state index in [0.717, 1.165) is 18.1 Å². The van der Waals surface area contributed by atoms with Crippen LogP contribution in [0.15, 0.2) is 6.07 Å². The number of hydrogen-bond acceptors (Lipinski definition) is 5. The van der Waals surface area contributed by atoms with Crippen LogP contribution in [0.1, 0.15) is 23.0 Å². The highest BCUT2D eigenvalue weighted by molar-refractivity contribution is 7.18. The number of carbonyl (C=O) groups excluding carboxylic acids is 1. The smallest absolute Gasteiger partial charge is 0.174 e. The average Bonchev–Trinajstić information content (AvgIpc) is 2.67. The van der Waals surface area contributed by atoms with Crippen LogP contribution in [0.25, 0.3) is 0 Å². The zero-order valence-corrected chi connectivity index (χ0v) is 11.8. The summed E-state index contributed by atoms with van der Waals surface area (Å²) in [7, 11) is 6.11. The minimum absolute atomic E-state index is 0.125. The first kappa shape index (κ1) is 14.0. The van der Waals surface area contributed by atoms with Gasteiger partial charge in [-0.3, -0.25) is 4.79 Å². The molecule has 2 N–H and O–H groups in total. The van der Waals surface area contributed by atoms with Gasteiger partial charge in [0.2, 0.25) is 0 Å². The molecule has 0 atom stereocenters. The third kappa shape index (κ3) is 3.71. The number of nitrogens with two attached hydrogens (primary N) is 1. The van der Waals surface area contributed by atoms with Crippen molar-refractivity contribution in [2.24, 2.45) is 0 Å². The summed E-state index contributed by atoms with van der Waals surface area (Å²) in [6.07, 6.45) is 0.506. The van der Waals surface area contributed by atoms with E-state index in [1.165, 1.54) is 11.3 Å². The Labute approximate surface area is 107 Å². The molecule has 0 spiro atoms. The van der Waals surface area contributed by atoms with Crippen molar-refractivity contribution in [2.75, 3.05) is 44.9 Å². The van der Waals surface area contributed by atoms with Crippen LogP contribution in [0, 0.1) is 0 Å². The molecule has 17 heavy (non-hydrogen) atoms. The van der Waals surface area contributed by atoms with E-state index in [0.29, 0.717) is 17.0 Å². The summed E-state index contributed by atoms with van der Waals surface area (Å²) < 4.78 is 0. The van der Waals surface area contributed by atoms with Crippen molar-refractivity contribution in [3.8, 4) is 0 Å². The van der Waals surface area contributed by atoms with Crippen LogP contribution < -0.4 is 10.6 Å². The first-order valence-corrected chi connectivity index (χ1v) is 6.55. The number of anilines is 2. The van der Waals surface area contributed by atoms with Crippen molar-refractivity contribution in [2.45, 2.75) is 13.3 Å². The first-order chi connectivity index (χ1) is 7.95. The summed E-state index contributed by atoms with van der Waals surface area (Å²) in [6.45, 7) is 3.76. The molecule has 96 valence electrons. The van der Waals surface area contributed by atoms with E-state index in [9.17, 15) is 4.79 Å². The van der Waals surface area contributed by atoms with E-state index >= 15 is 0 Å². The molecule has 0 saturated carbocycles. The fourth-order valence-electron chi connectivity index (χ4n) is 1.42. The number of thiophene rings is 1. The fourth-order valence-corrected chi connectivity index (χ4v) is 2.50. The maximum absolute atomic E-state index is 11.6. The van der Waals surface area contributed by atoms with Gasteiger partial charge in [0, 0.05) is 26.6 Å². The molecular weight excluding hydrogens is 234 g/mol. The Kier molecular flexibility index (Phi) is 4.96. The van der Waals surface area contributed by atoms with Crippen molar-refractivity contribution in [1.82, 2.24) is 4.90 Å². The summed E-state index contributed by atoms with van der Waals surface area (Å²) in [4.78, 5) is 16.6. The number of Topliss-reactive ketones (excluding diaryl/α,β-unsaturated/α-hetero) is 1. The summed E-state index contributed by atoms with van der Waals surface area (Å²) in [5.74, 6) is 0.125. The topological polar surface area (TPSA) is 49.6 Å². The fraction of sp³-hybridized carbons (Fsp3) is 0.583. The molecule has 0 aromatic carbocycles. The Balaban J connectivity index is 2.75. The zero-order valence-electron chi connectivity index (χ0n) is 11.0. The molecule has 4 nitrogen and oxygen atoms in total. The van der Waals surface area contributed by atoms with Crippen LogP contribution in [0.5, 0.6) is 0 Å². The van der Waals surface area contributed by atoms with Crippen molar-refractivity contribution in [3.05, 3.63) is 10.9 Å². The van der Waals surface area contributed by atoms with Crippen LogP contribution in [-0.4, -0.2) is 44.9 Å². The summed E-state index contributed by atoms with van der Waals surface area (Å²) in [5.41, 5.74) is 6.47. The van der Waals surface area contributed by atoms with Gasteiger partial charge in [0.25, 0.3) is 0 Å². The summed E-state index contributed by atoms with van der Waals surface area (Å²) in [6, 6.07) is 1.89. The Bertz CT molecular complexity index is 387. The maximum Gasteiger partial charge on any atom is 0.174 e. The van der Waals surface area contributed by atoms with Gasteiger partial charge in [-0.05, 0) is 20.2 Å². The van der Waals surface area contributed by atoms with E-state index in [-0.39, 0.29) is 5.78 Å². The largest absolute Gasteiger partial charge is 0.397 e. The standard InChI is InChI=1S/C12H21N3OS/c1-5-10(16)12-9(13)8-11(17-12)15(4)7-6-14(2)3/h8H,5-7,13H2,1-4H3. The third-order valence-electron chi connectivity index (χ3n) is 2.58. The number of likely N-dealkylation sites (N-methyl/N-ethyl adjacent to an activating group) is 2. The number of nitrogens with zero attached hydrogens (tertiary/aromatic N) is 2. The molecule has 0 radical (unpaired) electrons. The molecule has 0 fully saturated rings. The van der Waals surface area contributed by atoms with E-state index in [1.54, 1.807) is 0 Å². The molecule has 1 aromatic heterocycles. The molecule has 1 aromatic rings. The Hall–Kier alpha value is -1.07. The molecule has 0 aliphatic heterocycles. The van der Waals surface area contributed by atoms with Gasteiger partial charge >= 0.3 is 0 Å². The third-order valence-corrected chi connectivity index (χ3v) is 3.89. The van der Waals surface area contributed by atoms with E-state index in [2.05, 4.69) is 9.80 Å². The highest BCUT2D eigenvalue weighted by atomic mass is 32.1. The van der Waals surface area contributed by atoms with Gasteiger partial charge in [-0.2, -0.15) is 0 Å². The maximum atomic E-state index is 11.6. The second kappa shape index (κ2) is 6.02. The first-order valence-electron chi connectivity index (χ1n) is 5.74. The van der Waals surface area contributed by atoms with Gasteiger partial charge in [0.15, 0.2) is 5.78 Å². The minimum Gasteiger partial charge on any atom is -0.397 e. The van der Waals surface area contributed by atoms with Crippen LogP contribution >= 0.6 is 11.3 Å². The lowest BCUT2D eigenvalue weighted by atomic mass is 10.2. The van der Waals surface area contributed by atoms with E-state index in [1.807, 2.05) is 34.1 Å². The molecule has 0 bridgehead atoms. The lowest BCUT2D eigenvalue weighted by Crippen LogP contribution is -2.27. The quantitative estimate of drug-likeness (QED) is 0.789. The number of rotatable bonds is 6. The second-order valence-corrected chi connectivity index (χ2v) is 5.40. The predicted octanol–water partition coefficient (Wildman–Crippen LogP) is 1.92. The van der Waals surface area contributed by atoms with E-state index in [4.69, 9.17) is 5.73 Å². The van der Waals surface area contributed by atoms with Crippen molar-refractivity contribution < 1.29 is 4.79 Å². The lowest BCUT2D eigenvalue weighted by molar-refractivity contribution is 0.0993. The number of hydrogen-bond donors (Lipinski definition) is 1. The molecule has 0 saturated heterocycles. The Morgan fingerprint density at radius 1 is 1.35 bits per heavy atom.